The number of aromatic nitrogens is 3. The van der Waals surface area contributed by atoms with Crippen LogP contribution < -0.4 is 11.1 Å². The maximum atomic E-state index is 13.8. The molecule has 1 heterocycles. The standard InChI is InChI=1S/C20H23FN6/c1-3-14-8-5-7-11-17(14)23-20-25-18(24-19(22)26-20)13-27(2)12-15-9-4-6-10-16(15)21/h4-11H,3,12-13H2,1-2H3,(H3,22,23,24,25,26). The zero-order chi connectivity index (χ0) is 19.2. The number of para-hydroxylation sites is 1. The summed E-state index contributed by atoms with van der Waals surface area (Å²) in [6.45, 7) is 2.95. The molecule has 2 aromatic carbocycles. The Morgan fingerprint density at radius 3 is 2.41 bits per heavy atom. The Kier molecular flexibility index (Phi) is 5.93. The highest BCUT2D eigenvalue weighted by molar-refractivity contribution is 5.58. The Morgan fingerprint density at radius 1 is 0.963 bits per heavy atom. The van der Waals surface area contributed by atoms with Crippen LogP contribution in [0.5, 0.6) is 0 Å². The van der Waals surface area contributed by atoms with Gasteiger partial charge in [-0.1, -0.05) is 43.3 Å². The molecule has 0 aliphatic carbocycles. The van der Waals surface area contributed by atoms with Crippen LogP contribution in [0.4, 0.5) is 22.0 Å². The van der Waals surface area contributed by atoms with E-state index in [1.165, 1.54) is 6.07 Å². The Hall–Kier alpha value is -3.06. The van der Waals surface area contributed by atoms with E-state index in [-0.39, 0.29) is 11.8 Å². The van der Waals surface area contributed by atoms with E-state index in [9.17, 15) is 4.39 Å². The number of nitrogens with two attached hydrogens (primary N) is 1. The third-order valence-electron chi connectivity index (χ3n) is 4.15. The van der Waals surface area contributed by atoms with Crippen LogP contribution in [0, 0.1) is 5.82 Å². The smallest absolute Gasteiger partial charge is 0.232 e. The average molecular weight is 366 g/mol. The number of hydrogen-bond acceptors (Lipinski definition) is 6. The minimum Gasteiger partial charge on any atom is -0.368 e. The van der Waals surface area contributed by atoms with Crippen LogP contribution in [0.25, 0.3) is 0 Å². The maximum absolute atomic E-state index is 13.8. The summed E-state index contributed by atoms with van der Waals surface area (Å²) >= 11 is 0. The van der Waals surface area contributed by atoms with Crippen LogP contribution in [-0.4, -0.2) is 26.9 Å². The molecule has 0 fully saturated rings. The largest absolute Gasteiger partial charge is 0.368 e. The zero-order valence-corrected chi connectivity index (χ0v) is 15.5. The fourth-order valence-electron chi connectivity index (χ4n) is 2.85. The van der Waals surface area contributed by atoms with Crippen LogP contribution in [-0.2, 0) is 19.5 Å². The van der Waals surface area contributed by atoms with Gasteiger partial charge in [0.25, 0.3) is 0 Å². The summed E-state index contributed by atoms with van der Waals surface area (Å²) in [5.74, 6) is 0.851. The van der Waals surface area contributed by atoms with Crippen molar-refractivity contribution in [1.29, 1.82) is 0 Å². The van der Waals surface area contributed by atoms with E-state index in [2.05, 4.69) is 33.3 Å². The lowest BCUT2D eigenvalue weighted by Gasteiger charge is -2.17. The van der Waals surface area contributed by atoms with Crippen molar-refractivity contribution in [1.82, 2.24) is 19.9 Å². The fraction of sp³-hybridized carbons (Fsp3) is 0.250. The van der Waals surface area contributed by atoms with Crippen LogP contribution in [0.15, 0.2) is 48.5 Å². The predicted molar refractivity (Wildman–Crippen MR) is 105 cm³/mol. The van der Waals surface area contributed by atoms with Crippen molar-refractivity contribution in [2.24, 2.45) is 0 Å². The minimum absolute atomic E-state index is 0.149. The minimum atomic E-state index is -0.224. The molecule has 0 aliphatic rings. The van der Waals surface area contributed by atoms with E-state index in [4.69, 9.17) is 5.73 Å². The summed E-state index contributed by atoms with van der Waals surface area (Å²) in [4.78, 5) is 14.8. The molecule has 0 atom stereocenters. The number of hydrogen-bond donors (Lipinski definition) is 2. The van der Waals surface area contributed by atoms with E-state index in [0.717, 1.165) is 17.7 Å². The van der Waals surface area contributed by atoms with E-state index in [0.29, 0.717) is 30.4 Å². The second-order valence-corrected chi connectivity index (χ2v) is 6.33. The van der Waals surface area contributed by atoms with Gasteiger partial charge in [0.05, 0.1) is 6.54 Å². The lowest BCUT2D eigenvalue weighted by Crippen LogP contribution is -2.20. The molecule has 6 nitrogen and oxygen atoms in total. The quantitative estimate of drug-likeness (QED) is 0.666. The van der Waals surface area contributed by atoms with Gasteiger partial charge in [-0.05, 0) is 31.2 Å². The molecule has 3 rings (SSSR count). The molecular weight excluding hydrogens is 343 g/mol. The van der Waals surface area contributed by atoms with Crippen molar-refractivity contribution in [3.63, 3.8) is 0 Å². The third kappa shape index (κ3) is 4.98. The number of nitrogens with zero attached hydrogens (tertiary/aromatic N) is 4. The van der Waals surface area contributed by atoms with Gasteiger partial charge in [-0.25, -0.2) is 4.39 Å². The number of benzene rings is 2. The monoisotopic (exact) mass is 366 g/mol. The van der Waals surface area contributed by atoms with Crippen molar-refractivity contribution < 1.29 is 4.39 Å². The predicted octanol–water partition coefficient (Wildman–Crippen LogP) is 3.53. The fourth-order valence-corrected chi connectivity index (χ4v) is 2.85. The molecule has 27 heavy (non-hydrogen) atoms. The van der Waals surface area contributed by atoms with Crippen LogP contribution in [0.1, 0.15) is 23.9 Å². The lowest BCUT2D eigenvalue weighted by molar-refractivity contribution is 0.305. The summed E-state index contributed by atoms with van der Waals surface area (Å²) in [5, 5.41) is 3.22. The first-order valence-electron chi connectivity index (χ1n) is 8.82. The maximum Gasteiger partial charge on any atom is 0.232 e. The highest BCUT2D eigenvalue weighted by Crippen LogP contribution is 2.19. The molecule has 0 radical (unpaired) electrons. The molecule has 0 saturated heterocycles. The molecule has 1 aromatic heterocycles. The van der Waals surface area contributed by atoms with E-state index >= 15 is 0 Å². The van der Waals surface area contributed by atoms with Gasteiger partial charge in [0.1, 0.15) is 11.6 Å². The number of nitrogen functional groups attached to an aromatic ring is 1. The Labute approximate surface area is 158 Å². The van der Waals surface area contributed by atoms with Gasteiger partial charge in [-0.3, -0.25) is 4.90 Å². The number of aryl methyl sites for hydroxylation is 1. The van der Waals surface area contributed by atoms with Crippen LogP contribution in [0.3, 0.4) is 0 Å². The van der Waals surface area contributed by atoms with Gasteiger partial charge in [-0.2, -0.15) is 15.0 Å². The topological polar surface area (TPSA) is 80.0 Å². The van der Waals surface area contributed by atoms with Gasteiger partial charge in [0.2, 0.25) is 11.9 Å². The highest BCUT2D eigenvalue weighted by Gasteiger charge is 2.11. The number of anilines is 3. The summed E-state index contributed by atoms with van der Waals surface area (Å²) in [5.41, 5.74) is 8.58. The molecule has 0 amide bonds. The summed E-state index contributed by atoms with van der Waals surface area (Å²) in [6, 6.07) is 14.7. The molecule has 7 heteroatoms. The molecule has 3 aromatic rings. The second-order valence-electron chi connectivity index (χ2n) is 6.33. The van der Waals surface area contributed by atoms with Crippen molar-refractivity contribution in [3.05, 3.63) is 71.3 Å². The van der Waals surface area contributed by atoms with Crippen molar-refractivity contribution >= 4 is 17.6 Å². The number of halogens is 1. The number of rotatable bonds is 7. The number of nitrogens with one attached hydrogen (secondary N) is 1. The first kappa shape index (κ1) is 18.7. The van der Waals surface area contributed by atoms with Gasteiger partial charge < -0.3 is 11.1 Å². The van der Waals surface area contributed by atoms with Gasteiger partial charge in [0.15, 0.2) is 0 Å². The third-order valence-corrected chi connectivity index (χ3v) is 4.15. The lowest BCUT2D eigenvalue weighted by atomic mass is 10.1. The Balaban J connectivity index is 1.74. The summed E-state index contributed by atoms with van der Waals surface area (Å²) in [7, 11) is 1.88. The van der Waals surface area contributed by atoms with E-state index < -0.39 is 0 Å². The first-order chi connectivity index (χ1) is 13.0. The van der Waals surface area contributed by atoms with E-state index in [1.54, 1.807) is 12.1 Å². The highest BCUT2D eigenvalue weighted by atomic mass is 19.1. The molecule has 0 unspecified atom stereocenters. The molecule has 140 valence electrons. The molecule has 0 spiro atoms. The molecule has 0 saturated carbocycles. The van der Waals surface area contributed by atoms with Gasteiger partial charge in [-0.15, -0.1) is 0 Å². The molecular formula is C20H23FN6. The summed E-state index contributed by atoms with van der Waals surface area (Å²) in [6.07, 6.45) is 0.891. The first-order valence-corrected chi connectivity index (χ1v) is 8.82. The summed E-state index contributed by atoms with van der Waals surface area (Å²) < 4.78 is 13.8. The van der Waals surface area contributed by atoms with Crippen molar-refractivity contribution in [2.75, 3.05) is 18.1 Å². The molecule has 0 bridgehead atoms. The van der Waals surface area contributed by atoms with Gasteiger partial charge >= 0.3 is 0 Å². The van der Waals surface area contributed by atoms with Crippen LogP contribution >= 0.6 is 0 Å². The van der Waals surface area contributed by atoms with E-state index in [1.807, 2.05) is 36.2 Å². The SMILES string of the molecule is CCc1ccccc1Nc1nc(N)nc(CN(C)Cc2ccccc2F)n1. The van der Waals surface area contributed by atoms with Crippen molar-refractivity contribution in [3.8, 4) is 0 Å². The van der Waals surface area contributed by atoms with Crippen LogP contribution in [0.2, 0.25) is 0 Å². The Bertz CT molecular complexity index is 914. The zero-order valence-electron chi connectivity index (χ0n) is 15.5. The van der Waals surface area contributed by atoms with Crippen molar-refractivity contribution in [2.45, 2.75) is 26.4 Å². The average Bonchev–Trinajstić information content (AvgIpc) is 2.63. The second kappa shape index (κ2) is 8.55. The normalized spacial score (nSPS) is 11.0. The Morgan fingerprint density at radius 2 is 1.67 bits per heavy atom. The molecule has 0 aliphatic heterocycles. The van der Waals surface area contributed by atoms with Gasteiger partial charge in [0, 0.05) is 17.8 Å². The molecule has 3 N–H and O–H groups in total.